The van der Waals surface area contributed by atoms with Gasteiger partial charge in [0.2, 0.25) is 5.90 Å². The zero-order chi connectivity index (χ0) is 16.9. The number of aliphatic imine (C=N–C) groups is 1. The van der Waals surface area contributed by atoms with Gasteiger partial charge in [0.05, 0.1) is 23.4 Å². The fourth-order valence-corrected chi connectivity index (χ4v) is 2.74. The largest absolute Gasteiger partial charge is 0.492 e. The molecule has 1 aromatic heterocycles. The molecule has 0 spiro atoms. The molecular weight excluding hydrogens is 328 g/mol. The Balaban J connectivity index is 1.46. The number of hydrogen-bond acceptors (Lipinski definition) is 5. The Morgan fingerprint density at radius 1 is 1.29 bits per heavy atom. The first-order chi connectivity index (χ1) is 11.6. The van der Waals surface area contributed by atoms with Gasteiger partial charge >= 0.3 is 0 Å². The quantitative estimate of drug-likeness (QED) is 0.703. The molecule has 1 atom stereocenters. The van der Waals surface area contributed by atoms with Crippen LogP contribution in [-0.4, -0.2) is 30.3 Å². The molecular formula is C18H21ClN2O3. The van der Waals surface area contributed by atoms with E-state index in [4.69, 9.17) is 25.6 Å². The third-order valence-electron chi connectivity index (χ3n) is 3.73. The molecule has 1 aliphatic rings. The highest BCUT2D eigenvalue weighted by Gasteiger charge is 2.17. The summed E-state index contributed by atoms with van der Waals surface area (Å²) in [5.74, 6) is 2.25. The lowest BCUT2D eigenvalue weighted by Gasteiger charge is -2.09. The number of hydrogen-bond donors (Lipinski definition) is 0. The fraction of sp³-hybridized carbons (Fsp3) is 0.444. The first-order valence-corrected chi connectivity index (χ1v) is 8.55. The summed E-state index contributed by atoms with van der Waals surface area (Å²) in [7, 11) is 0. The van der Waals surface area contributed by atoms with Crippen molar-refractivity contribution in [1.82, 2.24) is 5.16 Å². The van der Waals surface area contributed by atoms with E-state index in [9.17, 15) is 0 Å². The number of benzene rings is 1. The van der Waals surface area contributed by atoms with Gasteiger partial charge in [-0.3, -0.25) is 0 Å². The Labute approximate surface area is 146 Å². The lowest BCUT2D eigenvalue weighted by Crippen LogP contribution is -2.03. The molecule has 0 saturated carbocycles. The maximum atomic E-state index is 6.30. The van der Waals surface area contributed by atoms with E-state index in [2.05, 4.69) is 10.1 Å². The lowest BCUT2D eigenvalue weighted by molar-refractivity contribution is 0.302. The standard InChI is InChI=1S/C18H21ClN2O3/c1-12-9-15(24-21-12)5-3-4-8-22-17-7-6-14(10-16(17)19)18-20-13(2)11-23-18/h6-7,9-10,13H,3-5,8,11H2,1-2H3. The Hall–Kier alpha value is -2.01. The molecule has 2 aromatic rings. The van der Waals surface area contributed by atoms with Crippen LogP contribution in [0.25, 0.3) is 0 Å². The molecule has 0 radical (unpaired) electrons. The lowest BCUT2D eigenvalue weighted by atomic mass is 10.2. The molecule has 0 saturated heterocycles. The highest BCUT2D eigenvalue weighted by atomic mass is 35.5. The smallest absolute Gasteiger partial charge is 0.216 e. The molecule has 1 unspecified atom stereocenters. The van der Waals surface area contributed by atoms with E-state index in [1.807, 2.05) is 38.1 Å². The second kappa shape index (κ2) is 7.71. The number of halogens is 1. The third-order valence-corrected chi connectivity index (χ3v) is 4.02. The molecule has 5 nitrogen and oxygen atoms in total. The predicted molar refractivity (Wildman–Crippen MR) is 93.1 cm³/mol. The van der Waals surface area contributed by atoms with Gasteiger partial charge in [-0.05, 0) is 44.9 Å². The molecule has 128 valence electrons. The van der Waals surface area contributed by atoms with Crippen LogP contribution in [0.15, 0.2) is 33.8 Å². The van der Waals surface area contributed by atoms with Crippen molar-refractivity contribution in [2.75, 3.05) is 13.2 Å². The van der Waals surface area contributed by atoms with Crippen LogP contribution in [-0.2, 0) is 11.2 Å². The van der Waals surface area contributed by atoms with Crippen LogP contribution in [0.3, 0.4) is 0 Å². The summed E-state index contributed by atoms with van der Waals surface area (Å²) in [5.41, 5.74) is 1.80. The third kappa shape index (κ3) is 4.29. The van der Waals surface area contributed by atoms with Crippen LogP contribution in [0.1, 0.15) is 36.8 Å². The summed E-state index contributed by atoms with van der Waals surface area (Å²) in [6.45, 7) is 5.17. The van der Waals surface area contributed by atoms with Crippen LogP contribution in [0.5, 0.6) is 5.75 Å². The predicted octanol–water partition coefficient (Wildman–Crippen LogP) is 4.20. The minimum atomic E-state index is 0.197. The zero-order valence-corrected chi connectivity index (χ0v) is 14.7. The van der Waals surface area contributed by atoms with Gasteiger partial charge < -0.3 is 14.0 Å². The van der Waals surface area contributed by atoms with Gasteiger partial charge in [0.15, 0.2) is 0 Å². The molecule has 0 bridgehead atoms. The number of aromatic nitrogens is 1. The van der Waals surface area contributed by atoms with Crippen molar-refractivity contribution < 1.29 is 14.0 Å². The topological polar surface area (TPSA) is 56.9 Å². The van der Waals surface area contributed by atoms with Gasteiger partial charge in [-0.2, -0.15) is 0 Å². The monoisotopic (exact) mass is 348 g/mol. The number of aryl methyl sites for hydroxylation is 2. The Morgan fingerprint density at radius 2 is 2.17 bits per heavy atom. The molecule has 0 aliphatic carbocycles. The van der Waals surface area contributed by atoms with Crippen molar-refractivity contribution in [2.24, 2.45) is 4.99 Å². The molecule has 3 rings (SSSR count). The SMILES string of the molecule is Cc1cc(CCCCOc2ccc(C3=NC(C)CO3)cc2Cl)on1. The van der Waals surface area contributed by atoms with E-state index in [1.165, 1.54) is 0 Å². The van der Waals surface area contributed by atoms with Crippen LogP contribution in [0, 0.1) is 6.92 Å². The maximum absolute atomic E-state index is 6.30. The maximum Gasteiger partial charge on any atom is 0.216 e. The van der Waals surface area contributed by atoms with Gasteiger partial charge in [0, 0.05) is 18.1 Å². The first-order valence-electron chi connectivity index (χ1n) is 8.17. The highest BCUT2D eigenvalue weighted by Crippen LogP contribution is 2.27. The molecule has 1 aliphatic heterocycles. The fourth-order valence-electron chi connectivity index (χ4n) is 2.50. The van der Waals surface area contributed by atoms with E-state index < -0.39 is 0 Å². The molecule has 0 fully saturated rings. The van der Waals surface area contributed by atoms with Crippen molar-refractivity contribution in [2.45, 2.75) is 39.2 Å². The van der Waals surface area contributed by atoms with E-state index in [0.717, 1.165) is 36.3 Å². The summed E-state index contributed by atoms with van der Waals surface area (Å²) in [6, 6.07) is 7.79. The van der Waals surface area contributed by atoms with Crippen molar-refractivity contribution >= 4 is 17.5 Å². The zero-order valence-electron chi connectivity index (χ0n) is 13.9. The Bertz CT molecular complexity index is 727. The average Bonchev–Trinajstić information content (AvgIpc) is 3.17. The van der Waals surface area contributed by atoms with Crippen LogP contribution in [0.4, 0.5) is 0 Å². The van der Waals surface area contributed by atoms with Crippen molar-refractivity contribution in [3.05, 3.63) is 46.3 Å². The van der Waals surface area contributed by atoms with E-state index >= 15 is 0 Å². The van der Waals surface area contributed by atoms with Gasteiger partial charge in [0.1, 0.15) is 18.1 Å². The molecule has 2 heterocycles. The first kappa shape index (κ1) is 16.8. The van der Waals surface area contributed by atoms with Crippen molar-refractivity contribution in [1.29, 1.82) is 0 Å². The normalized spacial score (nSPS) is 16.8. The minimum Gasteiger partial charge on any atom is -0.492 e. The summed E-state index contributed by atoms with van der Waals surface area (Å²) < 4.78 is 16.5. The van der Waals surface area contributed by atoms with E-state index in [1.54, 1.807) is 0 Å². The molecule has 0 amide bonds. The summed E-state index contributed by atoms with van der Waals surface area (Å²) in [6.07, 6.45) is 2.77. The Kier molecular flexibility index (Phi) is 5.41. The summed E-state index contributed by atoms with van der Waals surface area (Å²) in [4.78, 5) is 4.43. The Morgan fingerprint density at radius 3 is 2.83 bits per heavy atom. The number of ether oxygens (including phenoxy) is 2. The minimum absolute atomic E-state index is 0.197. The number of unbranched alkanes of at least 4 members (excludes halogenated alkanes) is 1. The molecule has 0 N–H and O–H groups in total. The molecule has 24 heavy (non-hydrogen) atoms. The van der Waals surface area contributed by atoms with E-state index in [0.29, 0.717) is 29.9 Å². The van der Waals surface area contributed by atoms with Crippen LogP contribution < -0.4 is 4.74 Å². The van der Waals surface area contributed by atoms with Crippen molar-refractivity contribution in [3.8, 4) is 5.75 Å². The second-order valence-electron chi connectivity index (χ2n) is 5.98. The summed E-state index contributed by atoms with van der Waals surface area (Å²) >= 11 is 6.30. The van der Waals surface area contributed by atoms with E-state index in [-0.39, 0.29) is 6.04 Å². The van der Waals surface area contributed by atoms with Crippen molar-refractivity contribution in [3.63, 3.8) is 0 Å². The molecule has 1 aromatic carbocycles. The van der Waals surface area contributed by atoms with Gasteiger partial charge in [-0.1, -0.05) is 16.8 Å². The van der Waals surface area contributed by atoms with Crippen LogP contribution in [0.2, 0.25) is 5.02 Å². The second-order valence-corrected chi connectivity index (χ2v) is 6.39. The summed E-state index contributed by atoms with van der Waals surface area (Å²) in [5, 5.41) is 4.45. The van der Waals surface area contributed by atoms with Gasteiger partial charge in [-0.15, -0.1) is 0 Å². The number of rotatable bonds is 7. The average molecular weight is 349 g/mol. The van der Waals surface area contributed by atoms with Gasteiger partial charge in [-0.25, -0.2) is 4.99 Å². The van der Waals surface area contributed by atoms with Gasteiger partial charge in [0.25, 0.3) is 0 Å². The highest BCUT2D eigenvalue weighted by molar-refractivity contribution is 6.32. The number of nitrogens with zero attached hydrogens (tertiary/aromatic N) is 2. The molecule has 6 heteroatoms. The van der Waals surface area contributed by atoms with Crippen LogP contribution >= 0.6 is 11.6 Å².